The minimum absolute atomic E-state index is 0.155. The molecule has 1 amide bonds. The van der Waals surface area contributed by atoms with Crippen LogP contribution in [-0.2, 0) is 16.0 Å². The van der Waals surface area contributed by atoms with Crippen LogP contribution in [0.1, 0.15) is 73.3 Å². The van der Waals surface area contributed by atoms with Crippen LogP contribution in [0.3, 0.4) is 0 Å². The summed E-state index contributed by atoms with van der Waals surface area (Å²) in [5, 5.41) is 10.4. The summed E-state index contributed by atoms with van der Waals surface area (Å²) >= 11 is 1.45. The molecule has 1 fully saturated rings. The van der Waals surface area contributed by atoms with Gasteiger partial charge in [-0.25, -0.2) is 4.79 Å². The van der Waals surface area contributed by atoms with Gasteiger partial charge in [-0.05, 0) is 50.2 Å². The van der Waals surface area contributed by atoms with Gasteiger partial charge in [-0.1, -0.05) is 13.8 Å². The fourth-order valence-corrected chi connectivity index (χ4v) is 4.66. The zero-order chi connectivity index (χ0) is 21.2. The molecule has 0 bridgehead atoms. The molecule has 1 N–H and O–H groups in total. The van der Waals surface area contributed by atoms with Gasteiger partial charge in [0.15, 0.2) is 0 Å². The van der Waals surface area contributed by atoms with E-state index in [0.717, 1.165) is 49.9 Å². The number of likely N-dealkylation sites (tertiary alicyclic amines) is 1. The number of aliphatic hydroxyl groups is 1. The number of aliphatic hydroxyl groups excluding tert-OH is 1. The van der Waals surface area contributed by atoms with Crippen molar-refractivity contribution >= 4 is 23.2 Å². The molecule has 6 heteroatoms. The highest BCUT2D eigenvalue weighted by molar-refractivity contribution is 7.13. The lowest BCUT2D eigenvalue weighted by atomic mass is 9.95. The van der Waals surface area contributed by atoms with Crippen LogP contribution < -0.4 is 0 Å². The van der Waals surface area contributed by atoms with E-state index < -0.39 is 0 Å². The lowest BCUT2D eigenvalue weighted by Gasteiger charge is -2.26. The molecular weight excluding hydrogens is 386 g/mol. The number of amides is 1. The number of hydrogen-bond donors (Lipinski definition) is 1. The van der Waals surface area contributed by atoms with Gasteiger partial charge in [0.05, 0.1) is 13.2 Å². The maximum atomic E-state index is 12.3. The molecule has 29 heavy (non-hydrogen) atoms. The molecule has 1 aliphatic rings. The third-order valence-electron chi connectivity index (χ3n) is 5.50. The quantitative estimate of drug-likeness (QED) is 0.459. The fraction of sp³-hybridized carbons (Fsp3) is 0.652. The zero-order valence-corrected chi connectivity index (χ0v) is 18.6. The van der Waals surface area contributed by atoms with Crippen LogP contribution in [0.5, 0.6) is 0 Å². The van der Waals surface area contributed by atoms with E-state index in [2.05, 4.69) is 11.8 Å². The van der Waals surface area contributed by atoms with E-state index in [1.54, 1.807) is 6.07 Å². The predicted octanol–water partition coefficient (Wildman–Crippen LogP) is 4.04. The molecule has 1 aromatic heterocycles. The molecule has 0 radical (unpaired) electrons. The van der Waals surface area contributed by atoms with E-state index in [0.29, 0.717) is 17.7 Å². The van der Waals surface area contributed by atoms with Gasteiger partial charge in [0.1, 0.15) is 4.88 Å². The second kappa shape index (κ2) is 12.0. The molecule has 1 aliphatic heterocycles. The highest BCUT2D eigenvalue weighted by atomic mass is 32.1. The monoisotopic (exact) mass is 419 g/mol. The second-order valence-electron chi connectivity index (χ2n) is 7.67. The molecule has 2 rings (SSSR count). The van der Waals surface area contributed by atoms with Gasteiger partial charge in [0.25, 0.3) is 0 Å². The predicted molar refractivity (Wildman–Crippen MR) is 116 cm³/mol. The first-order chi connectivity index (χ1) is 14.0. The summed E-state index contributed by atoms with van der Waals surface area (Å²) in [6.07, 6.45) is 5.92. The van der Waals surface area contributed by atoms with Gasteiger partial charge in [-0.15, -0.1) is 23.2 Å². The SMILES string of the molecule is CCC#CC[C@H](C)[C@H](O)CCC1CCC(=O)N1CCCc1ccc(C(=O)OC)s1. The summed E-state index contributed by atoms with van der Waals surface area (Å²) in [6, 6.07) is 3.97. The summed E-state index contributed by atoms with van der Waals surface area (Å²) in [5.74, 6) is 6.23. The van der Waals surface area contributed by atoms with Gasteiger partial charge in [-0.3, -0.25) is 4.79 Å². The second-order valence-corrected chi connectivity index (χ2v) is 8.84. The van der Waals surface area contributed by atoms with Crippen LogP contribution in [0.15, 0.2) is 12.1 Å². The minimum Gasteiger partial charge on any atom is -0.465 e. The van der Waals surface area contributed by atoms with E-state index in [1.807, 2.05) is 24.8 Å². The van der Waals surface area contributed by atoms with Gasteiger partial charge in [0, 0.05) is 36.7 Å². The van der Waals surface area contributed by atoms with Gasteiger partial charge < -0.3 is 14.7 Å². The Morgan fingerprint density at radius 3 is 2.93 bits per heavy atom. The lowest BCUT2D eigenvalue weighted by Crippen LogP contribution is -2.35. The number of methoxy groups -OCH3 is 1. The Balaban J connectivity index is 1.78. The highest BCUT2D eigenvalue weighted by Crippen LogP contribution is 2.26. The molecule has 1 unspecified atom stereocenters. The van der Waals surface area contributed by atoms with Crippen molar-refractivity contribution in [1.82, 2.24) is 4.90 Å². The molecule has 1 saturated heterocycles. The number of esters is 1. The number of aryl methyl sites for hydroxylation is 1. The van der Waals surface area contributed by atoms with Crippen molar-refractivity contribution in [3.63, 3.8) is 0 Å². The Kier molecular flexibility index (Phi) is 9.69. The number of ether oxygens (including phenoxy) is 1. The normalized spacial score (nSPS) is 18.3. The fourth-order valence-electron chi connectivity index (χ4n) is 3.69. The number of thiophene rings is 1. The average molecular weight is 420 g/mol. The Morgan fingerprint density at radius 1 is 1.41 bits per heavy atom. The summed E-state index contributed by atoms with van der Waals surface area (Å²) in [7, 11) is 1.39. The summed E-state index contributed by atoms with van der Waals surface area (Å²) < 4.78 is 4.74. The minimum atomic E-state index is -0.374. The van der Waals surface area contributed by atoms with Crippen molar-refractivity contribution in [3.05, 3.63) is 21.9 Å². The number of carbonyl (C=O) groups excluding carboxylic acids is 2. The molecule has 160 valence electrons. The van der Waals surface area contributed by atoms with Crippen LogP contribution in [0.25, 0.3) is 0 Å². The average Bonchev–Trinajstić information content (AvgIpc) is 3.33. The summed E-state index contributed by atoms with van der Waals surface area (Å²) in [5.41, 5.74) is 0. The Bertz CT molecular complexity index is 733. The third kappa shape index (κ3) is 7.17. The van der Waals surface area contributed by atoms with E-state index in [9.17, 15) is 14.7 Å². The van der Waals surface area contributed by atoms with Crippen molar-refractivity contribution < 1.29 is 19.4 Å². The van der Waals surface area contributed by atoms with E-state index in [-0.39, 0.29) is 29.9 Å². The Morgan fingerprint density at radius 2 is 2.21 bits per heavy atom. The van der Waals surface area contributed by atoms with E-state index in [1.165, 1.54) is 18.4 Å². The number of nitrogens with zero attached hydrogens (tertiary/aromatic N) is 1. The molecule has 2 heterocycles. The van der Waals surface area contributed by atoms with Gasteiger partial charge in [-0.2, -0.15) is 0 Å². The Labute approximate surface area is 178 Å². The number of hydrogen-bond acceptors (Lipinski definition) is 5. The lowest BCUT2D eigenvalue weighted by molar-refractivity contribution is -0.129. The molecule has 1 aromatic rings. The van der Waals surface area contributed by atoms with Crippen molar-refractivity contribution in [2.75, 3.05) is 13.7 Å². The molecule has 0 spiro atoms. The molecule has 0 aliphatic carbocycles. The van der Waals surface area contributed by atoms with Crippen LogP contribution in [0.4, 0.5) is 0 Å². The maximum Gasteiger partial charge on any atom is 0.348 e. The maximum absolute atomic E-state index is 12.3. The first kappa shape index (κ1) is 23.4. The van der Waals surface area contributed by atoms with Crippen LogP contribution in [-0.4, -0.2) is 47.7 Å². The van der Waals surface area contributed by atoms with Crippen LogP contribution in [0, 0.1) is 17.8 Å². The third-order valence-corrected chi connectivity index (χ3v) is 6.63. The first-order valence-corrected chi connectivity index (χ1v) is 11.4. The van der Waals surface area contributed by atoms with E-state index in [4.69, 9.17) is 4.74 Å². The van der Waals surface area contributed by atoms with Crippen molar-refractivity contribution in [2.24, 2.45) is 5.92 Å². The smallest absolute Gasteiger partial charge is 0.348 e. The first-order valence-electron chi connectivity index (χ1n) is 10.6. The topological polar surface area (TPSA) is 66.8 Å². The van der Waals surface area contributed by atoms with E-state index >= 15 is 0 Å². The zero-order valence-electron chi connectivity index (χ0n) is 17.8. The summed E-state index contributed by atoms with van der Waals surface area (Å²) in [6.45, 7) is 4.79. The van der Waals surface area contributed by atoms with Gasteiger partial charge >= 0.3 is 5.97 Å². The highest BCUT2D eigenvalue weighted by Gasteiger charge is 2.31. The Hall–Kier alpha value is -1.84. The molecule has 5 nitrogen and oxygen atoms in total. The molecular formula is C23H33NO4S. The van der Waals surface area contributed by atoms with Gasteiger partial charge in [0.2, 0.25) is 5.91 Å². The summed E-state index contributed by atoms with van der Waals surface area (Å²) in [4.78, 5) is 27.6. The molecule has 3 atom stereocenters. The van der Waals surface area contributed by atoms with Crippen molar-refractivity contribution in [2.45, 2.75) is 77.4 Å². The van der Waals surface area contributed by atoms with Crippen LogP contribution in [0.2, 0.25) is 0 Å². The standard InChI is InChI=1S/C23H33NO4S/c1-4-5-6-8-17(2)20(25)13-10-18-11-15-22(26)24(18)16-7-9-19-12-14-21(29-19)23(27)28-3/h12,14,17-18,20,25H,4,7-11,13,15-16H2,1-3H3/t17-,18?,20+/m0/s1. The molecule has 0 saturated carbocycles. The van der Waals surface area contributed by atoms with Crippen molar-refractivity contribution in [3.8, 4) is 11.8 Å². The largest absolute Gasteiger partial charge is 0.465 e. The van der Waals surface area contributed by atoms with Crippen molar-refractivity contribution in [1.29, 1.82) is 0 Å². The van der Waals surface area contributed by atoms with Crippen LogP contribution >= 0.6 is 11.3 Å². The number of rotatable bonds is 10. The number of carbonyl (C=O) groups is 2. The molecule has 0 aromatic carbocycles.